The van der Waals surface area contributed by atoms with Gasteiger partial charge in [0.1, 0.15) is 11.6 Å². The molecule has 0 saturated carbocycles. The summed E-state index contributed by atoms with van der Waals surface area (Å²) in [5.74, 6) is -0.332. The minimum Gasteiger partial charge on any atom is -0.484 e. The first kappa shape index (κ1) is 22.0. The number of rotatable bonds is 9. The average molecular weight is 437 g/mol. The number of benzene rings is 2. The Morgan fingerprint density at radius 1 is 1.07 bits per heavy atom. The Morgan fingerprint density at radius 2 is 1.73 bits per heavy atom. The van der Waals surface area contributed by atoms with E-state index in [2.05, 4.69) is 14.9 Å². The fraction of sp³-hybridized carbons (Fsp3) is 0.350. The molecule has 3 rings (SSSR count). The Hall–Kier alpha value is -2.69. The summed E-state index contributed by atoms with van der Waals surface area (Å²) in [5.41, 5.74) is 0.255. The molecule has 1 amide bonds. The van der Waals surface area contributed by atoms with Crippen LogP contribution in [0.1, 0.15) is 0 Å². The maximum atomic E-state index is 12.9. The van der Waals surface area contributed by atoms with Crippen LogP contribution in [0.25, 0.3) is 0 Å². The highest BCUT2D eigenvalue weighted by Crippen LogP contribution is 2.19. The van der Waals surface area contributed by atoms with Crippen molar-refractivity contribution >= 4 is 21.6 Å². The predicted octanol–water partition coefficient (Wildman–Crippen LogP) is 1.45. The van der Waals surface area contributed by atoms with Crippen LogP contribution in [-0.4, -0.2) is 65.2 Å². The molecule has 0 radical (unpaired) electrons. The maximum absolute atomic E-state index is 12.9. The third-order valence-electron chi connectivity index (χ3n) is 4.45. The maximum Gasteiger partial charge on any atom is 0.261 e. The number of amides is 1. The molecule has 0 bridgehead atoms. The molecule has 2 aromatic carbocycles. The molecule has 0 spiro atoms. The molecule has 162 valence electrons. The number of halogens is 1. The Balaban J connectivity index is 1.44. The molecule has 1 saturated heterocycles. The van der Waals surface area contributed by atoms with Crippen LogP contribution in [0.15, 0.2) is 53.4 Å². The summed E-state index contributed by atoms with van der Waals surface area (Å²) < 4.78 is 50.8. The van der Waals surface area contributed by atoms with E-state index in [0.29, 0.717) is 25.5 Å². The number of nitrogens with one attached hydrogen (secondary N) is 2. The van der Waals surface area contributed by atoms with Crippen molar-refractivity contribution < 1.29 is 27.1 Å². The van der Waals surface area contributed by atoms with Gasteiger partial charge in [0, 0.05) is 31.9 Å². The van der Waals surface area contributed by atoms with Crippen molar-refractivity contribution in [3.05, 3.63) is 54.3 Å². The summed E-state index contributed by atoms with van der Waals surface area (Å²) in [4.78, 5) is 14.1. The van der Waals surface area contributed by atoms with Crippen molar-refractivity contribution in [2.24, 2.45) is 0 Å². The van der Waals surface area contributed by atoms with Crippen LogP contribution in [0.5, 0.6) is 5.75 Å². The highest BCUT2D eigenvalue weighted by molar-refractivity contribution is 7.92. The lowest BCUT2D eigenvalue weighted by atomic mass is 10.3. The van der Waals surface area contributed by atoms with Crippen molar-refractivity contribution in [1.82, 2.24) is 10.2 Å². The van der Waals surface area contributed by atoms with Crippen molar-refractivity contribution in [2.75, 3.05) is 50.7 Å². The van der Waals surface area contributed by atoms with Crippen LogP contribution in [0, 0.1) is 5.82 Å². The van der Waals surface area contributed by atoms with Gasteiger partial charge in [-0.05, 0) is 48.5 Å². The molecular weight excluding hydrogens is 413 g/mol. The third kappa shape index (κ3) is 6.68. The van der Waals surface area contributed by atoms with Crippen LogP contribution in [0.3, 0.4) is 0 Å². The van der Waals surface area contributed by atoms with Gasteiger partial charge in [0.2, 0.25) is 0 Å². The van der Waals surface area contributed by atoms with Crippen LogP contribution in [0.2, 0.25) is 0 Å². The number of hydrogen-bond acceptors (Lipinski definition) is 6. The molecular formula is C20H24FN3O5S. The van der Waals surface area contributed by atoms with Crippen LogP contribution in [0.4, 0.5) is 10.1 Å². The lowest BCUT2D eigenvalue weighted by Gasteiger charge is -2.26. The largest absolute Gasteiger partial charge is 0.484 e. The Kier molecular flexibility index (Phi) is 7.61. The summed E-state index contributed by atoms with van der Waals surface area (Å²) in [6.07, 6.45) is 0. The van der Waals surface area contributed by atoms with E-state index in [0.717, 1.165) is 19.6 Å². The smallest absolute Gasteiger partial charge is 0.261 e. The minimum absolute atomic E-state index is 0.0223. The fourth-order valence-electron chi connectivity index (χ4n) is 2.83. The van der Waals surface area contributed by atoms with Crippen molar-refractivity contribution in [3.8, 4) is 5.75 Å². The van der Waals surface area contributed by atoms with Gasteiger partial charge in [-0.1, -0.05) is 0 Å². The fourth-order valence-corrected chi connectivity index (χ4v) is 3.88. The second-order valence-corrected chi connectivity index (χ2v) is 8.36. The monoisotopic (exact) mass is 437 g/mol. The Morgan fingerprint density at radius 3 is 2.40 bits per heavy atom. The highest BCUT2D eigenvalue weighted by atomic mass is 32.2. The van der Waals surface area contributed by atoms with Gasteiger partial charge >= 0.3 is 0 Å². The van der Waals surface area contributed by atoms with E-state index >= 15 is 0 Å². The van der Waals surface area contributed by atoms with Gasteiger partial charge < -0.3 is 14.8 Å². The standard InChI is InChI=1S/C20H24FN3O5S/c21-16-1-3-17(4-2-16)23-30(26,27)19-7-5-18(6-8-19)29-15-20(25)22-9-10-24-11-13-28-14-12-24/h1-8,23H,9-15H2,(H,22,25). The second-order valence-electron chi connectivity index (χ2n) is 6.68. The number of ether oxygens (including phenoxy) is 2. The molecule has 0 unspecified atom stereocenters. The zero-order chi connectivity index (χ0) is 21.4. The summed E-state index contributed by atoms with van der Waals surface area (Å²) in [6, 6.07) is 10.7. The first-order valence-corrected chi connectivity index (χ1v) is 11.0. The van der Waals surface area contributed by atoms with E-state index in [1.165, 1.54) is 48.5 Å². The van der Waals surface area contributed by atoms with Crippen molar-refractivity contribution in [1.29, 1.82) is 0 Å². The number of nitrogens with zero attached hydrogens (tertiary/aromatic N) is 1. The number of sulfonamides is 1. The van der Waals surface area contributed by atoms with Crippen LogP contribution < -0.4 is 14.8 Å². The van der Waals surface area contributed by atoms with Gasteiger partial charge in [-0.2, -0.15) is 0 Å². The van der Waals surface area contributed by atoms with E-state index in [4.69, 9.17) is 9.47 Å². The summed E-state index contributed by atoms with van der Waals surface area (Å²) >= 11 is 0. The molecule has 1 aliphatic heterocycles. The van der Waals surface area contributed by atoms with E-state index in [1.807, 2.05) is 0 Å². The van der Waals surface area contributed by atoms with Gasteiger partial charge in [0.15, 0.2) is 6.61 Å². The molecule has 1 heterocycles. The second kappa shape index (κ2) is 10.4. The molecule has 1 fully saturated rings. The highest BCUT2D eigenvalue weighted by Gasteiger charge is 2.15. The summed E-state index contributed by atoms with van der Waals surface area (Å²) in [7, 11) is -3.82. The molecule has 0 aliphatic carbocycles. The Bertz CT molecular complexity index is 930. The first-order chi connectivity index (χ1) is 14.4. The summed E-state index contributed by atoms with van der Waals surface area (Å²) in [5, 5.41) is 2.79. The number of carbonyl (C=O) groups is 1. The molecule has 10 heteroatoms. The zero-order valence-corrected chi connectivity index (χ0v) is 17.2. The number of morpholine rings is 1. The molecule has 2 N–H and O–H groups in total. The molecule has 1 aliphatic rings. The zero-order valence-electron chi connectivity index (χ0n) is 16.3. The van der Waals surface area contributed by atoms with Gasteiger partial charge in [0.05, 0.1) is 18.1 Å². The van der Waals surface area contributed by atoms with E-state index in [9.17, 15) is 17.6 Å². The lowest BCUT2D eigenvalue weighted by molar-refractivity contribution is -0.123. The summed E-state index contributed by atoms with van der Waals surface area (Å²) in [6.45, 7) is 4.25. The number of carbonyl (C=O) groups excluding carboxylic acids is 1. The first-order valence-electron chi connectivity index (χ1n) is 9.50. The molecule has 2 aromatic rings. The molecule has 8 nitrogen and oxygen atoms in total. The molecule has 0 atom stereocenters. The number of anilines is 1. The van der Waals surface area contributed by atoms with Crippen LogP contribution >= 0.6 is 0 Å². The minimum atomic E-state index is -3.82. The van der Waals surface area contributed by atoms with Gasteiger partial charge in [-0.3, -0.25) is 14.4 Å². The molecule has 0 aromatic heterocycles. The third-order valence-corrected chi connectivity index (χ3v) is 5.85. The van der Waals surface area contributed by atoms with Gasteiger partial charge in [0.25, 0.3) is 15.9 Å². The number of hydrogen-bond donors (Lipinski definition) is 2. The topological polar surface area (TPSA) is 97.0 Å². The molecule has 30 heavy (non-hydrogen) atoms. The van der Waals surface area contributed by atoms with E-state index in [-0.39, 0.29) is 23.1 Å². The van der Waals surface area contributed by atoms with Crippen LogP contribution in [-0.2, 0) is 19.6 Å². The SMILES string of the molecule is O=C(COc1ccc(S(=O)(=O)Nc2ccc(F)cc2)cc1)NCCN1CCOCC1. The van der Waals surface area contributed by atoms with Gasteiger partial charge in [-0.15, -0.1) is 0 Å². The Labute approximate surface area is 175 Å². The average Bonchev–Trinajstić information content (AvgIpc) is 2.75. The van der Waals surface area contributed by atoms with Gasteiger partial charge in [-0.25, -0.2) is 12.8 Å². The van der Waals surface area contributed by atoms with E-state index < -0.39 is 15.8 Å². The van der Waals surface area contributed by atoms with Crippen molar-refractivity contribution in [3.63, 3.8) is 0 Å². The lowest BCUT2D eigenvalue weighted by Crippen LogP contribution is -2.42. The van der Waals surface area contributed by atoms with E-state index in [1.54, 1.807) is 0 Å². The normalized spacial score (nSPS) is 14.8. The quantitative estimate of drug-likeness (QED) is 0.617. The predicted molar refractivity (Wildman–Crippen MR) is 109 cm³/mol. The van der Waals surface area contributed by atoms with Crippen molar-refractivity contribution in [2.45, 2.75) is 4.90 Å².